The van der Waals surface area contributed by atoms with Crippen LogP contribution >= 0.6 is 0 Å². The molecule has 4 atom stereocenters. The van der Waals surface area contributed by atoms with Gasteiger partial charge in [0.25, 0.3) is 0 Å². The lowest BCUT2D eigenvalue weighted by Gasteiger charge is -2.33. The molecule has 2 rings (SSSR count). The van der Waals surface area contributed by atoms with Crippen LogP contribution in [0.5, 0.6) is 0 Å². The second kappa shape index (κ2) is 21.1. The lowest BCUT2D eigenvalue weighted by molar-refractivity contribution is -0.131. The molecule has 0 bridgehead atoms. The van der Waals surface area contributed by atoms with Gasteiger partial charge in [-0.2, -0.15) is 0 Å². The maximum Gasteiger partial charge on any atom is 0.147 e. The van der Waals surface area contributed by atoms with Crippen LogP contribution in [0.4, 0.5) is 0 Å². The van der Waals surface area contributed by atoms with Gasteiger partial charge < -0.3 is 5.73 Å². The van der Waals surface area contributed by atoms with E-state index in [1.807, 2.05) is 67.6 Å². The Hall–Kier alpha value is -2.90. The Kier molecular flexibility index (Phi) is 23.4. The van der Waals surface area contributed by atoms with Gasteiger partial charge in [-0.3, -0.25) is 24.1 Å². The molecule has 0 aliphatic rings. The second-order valence-corrected chi connectivity index (χ2v) is 8.87. The SMILES string of the molecule is C.C.C.CC(=O)C(C)C(C(C)=O)N(Cc1ccccc1)Cc1ccccc1.CC(=O)C(C)C(N)C(C)=O.[B]. The zero-order valence-electron chi connectivity index (χ0n) is 21.7. The molecule has 0 saturated carbocycles. The van der Waals surface area contributed by atoms with Crippen LogP contribution in [0.25, 0.3) is 0 Å². The van der Waals surface area contributed by atoms with Gasteiger partial charge in [0.15, 0.2) is 0 Å². The van der Waals surface area contributed by atoms with Crippen molar-refractivity contribution in [2.24, 2.45) is 17.6 Å². The third-order valence-electron chi connectivity index (χ3n) is 6.03. The third-order valence-corrected chi connectivity index (χ3v) is 6.03. The highest BCUT2D eigenvalue weighted by atomic mass is 16.1. The average Bonchev–Trinajstić information content (AvgIpc) is 2.79. The molecule has 0 saturated heterocycles. The predicted octanol–water partition coefficient (Wildman–Crippen LogP) is 5.53. The van der Waals surface area contributed by atoms with Crippen molar-refractivity contribution in [3.05, 3.63) is 71.8 Å². The van der Waals surface area contributed by atoms with Crippen LogP contribution in [-0.4, -0.2) is 48.5 Å². The summed E-state index contributed by atoms with van der Waals surface area (Å²) in [7, 11) is 0. The van der Waals surface area contributed by atoms with Crippen molar-refractivity contribution in [1.82, 2.24) is 4.90 Å². The first kappa shape index (κ1) is 42.2. The largest absolute Gasteiger partial charge is 0.321 e. The van der Waals surface area contributed by atoms with Gasteiger partial charge in [0.2, 0.25) is 0 Å². The fraction of sp³-hybridized carbons (Fsp3) is 0.484. The lowest BCUT2D eigenvalue weighted by atomic mass is 9.92. The molecule has 0 heterocycles. The summed E-state index contributed by atoms with van der Waals surface area (Å²) in [5.41, 5.74) is 7.66. The Bertz CT molecular complexity index is 891. The van der Waals surface area contributed by atoms with E-state index in [9.17, 15) is 19.2 Å². The number of Topliss-reactive ketones (excluding diaryl/α,β-unsaturated/α-hetero) is 4. The van der Waals surface area contributed by atoms with Gasteiger partial charge in [0.05, 0.1) is 12.1 Å². The van der Waals surface area contributed by atoms with Gasteiger partial charge in [-0.1, -0.05) is 96.8 Å². The third kappa shape index (κ3) is 14.2. The standard InChI is InChI=1S/C21H25NO2.C7H13NO2.3CH4.B/c1-16(17(2)23)21(18(3)24)22(14-19-10-6-4-7-11-19)15-20-12-8-5-9-13-20;1-4(5(2)9)7(8)6(3)10;;;;/h4-13,16,21H,14-15H2,1-3H3;4,7H,8H2,1-3H3;3*1H4;. The van der Waals surface area contributed by atoms with Gasteiger partial charge in [-0.05, 0) is 38.8 Å². The van der Waals surface area contributed by atoms with Crippen LogP contribution in [0.1, 0.15) is 74.9 Å². The van der Waals surface area contributed by atoms with Gasteiger partial charge >= 0.3 is 0 Å². The first-order chi connectivity index (χ1) is 16.0. The topological polar surface area (TPSA) is 97.5 Å². The summed E-state index contributed by atoms with van der Waals surface area (Å²) in [4.78, 5) is 47.6. The summed E-state index contributed by atoms with van der Waals surface area (Å²) in [6.45, 7) is 10.7. The van der Waals surface area contributed by atoms with E-state index in [1.165, 1.54) is 13.8 Å². The fourth-order valence-electron chi connectivity index (χ4n) is 3.64. The number of carbonyl (C=O) groups is 4. The maximum atomic E-state index is 12.3. The molecular formula is C31H50BN2O4. The van der Waals surface area contributed by atoms with Crippen LogP contribution < -0.4 is 5.73 Å². The molecule has 6 nitrogen and oxygen atoms in total. The van der Waals surface area contributed by atoms with Crippen molar-refractivity contribution in [1.29, 1.82) is 0 Å². The van der Waals surface area contributed by atoms with Crippen LogP contribution in [0.3, 0.4) is 0 Å². The molecule has 0 amide bonds. The number of nitrogens with two attached hydrogens (primary N) is 1. The van der Waals surface area contributed by atoms with E-state index in [2.05, 4.69) is 4.90 Å². The van der Waals surface area contributed by atoms with Crippen molar-refractivity contribution in [3.63, 3.8) is 0 Å². The van der Waals surface area contributed by atoms with Crippen molar-refractivity contribution in [2.45, 2.75) is 89.0 Å². The van der Waals surface area contributed by atoms with E-state index in [4.69, 9.17) is 5.73 Å². The van der Waals surface area contributed by atoms with Crippen molar-refractivity contribution in [3.8, 4) is 0 Å². The summed E-state index contributed by atoms with van der Waals surface area (Å²) in [6, 6.07) is 19.1. The number of rotatable bonds is 11. The number of ketones is 4. The van der Waals surface area contributed by atoms with Crippen LogP contribution in [-0.2, 0) is 32.3 Å². The normalized spacial score (nSPS) is 12.7. The lowest BCUT2D eigenvalue weighted by Crippen LogP contribution is -2.45. The summed E-state index contributed by atoms with van der Waals surface area (Å²) >= 11 is 0. The van der Waals surface area contributed by atoms with Gasteiger partial charge in [-0.25, -0.2) is 0 Å². The molecule has 4 unspecified atom stereocenters. The zero-order chi connectivity index (χ0) is 25.8. The summed E-state index contributed by atoms with van der Waals surface area (Å²) < 4.78 is 0. The minimum Gasteiger partial charge on any atom is -0.321 e. The minimum atomic E-state index is -0.627. The highest BCUT2D eigenvalue weighted by molar-refractivity contribution is 5.90. The number of carbonyl (C=O) groups excluding carboxylic acids is 4. The number of nitrogens with zero attached hydrogens (tertiary/aromatic N) is 1. The Morgan fingerprint density at radius 3 is 1.21 bits per heavy atom. The molecule has 0 aromatic heterocycles. The van der Waals surface area contributed by atoms with E-state index in [-0.39, 0.29) is 65.7 Å². The molecule has 0 spiro atoms. The van der Waals surface area contributed by atoms with E-state index >= 15 is 0 Å². The average molecular weight is 526 g/mol. The van der Waals surface area contributed by atoms with Gasteiger partial charge in [-0.15, -0.1) is 0 Å². The summed E-state index contributed by atoms with van der Waals surface area (Å²) in [6.07, 6.45) is 0. The molecule has 0 fully saturated rings. The van der Waals surface area contributed by atoms with Gasteiger partial charge in [0, 0.05) is 33.3 Å². The second-order valence-electron chi connectivity index (χ2n) is 8.87. The molecule has 38 heavy (non-hydrogen) atoms. The molecule has 0 aliphatic carbocycles. The van der Waals surface area contributed by atoms with E-state index in [1.54, 1.807) is 20.8 Å². The molecule has 2 N–H and O–H groups in total. The van der Waals surface area contributed by atoms with Gasteiger partial charge in [0.1, 0.15) is 23.1 Å². The van der Waals surface area contributed by atoms with Crippen molar-refractivity contribution >= 4 is 31.5 Å². The highest BCUT2D eigenvalue weighted by Gasteiger charge is 2.31. The van der Waals surface area contributed by atoms with Crippen LogP contribution in [0.2, 0.25) is 0 Å². The Balaban J connectivity index is -0.000000358. The molecule has 2 aromatic carbocycles. The Morgan fingerprint density at radius 1 is 0.632 bits per heavy atom. The number of benzene rings is 2. The first-order valence-corrected chi connectivity index (χ1v) is 11.5. The summed E-state index contributed by atoms with van der Waals surface area (Å²) in [5, 5.41) is 0. The minimum absolute atomic E-state index is 0. The maximum absolute atomic E-state index is 12.3. The van der Waals surface area contributed by atoms with Crippen LogP contribution in [0.15, 0.2) is 60.7 Å². The first-order valence-electron chi connectivity index (χ1n) is 11.5. The molecular weight excluding hydrogens is 475 g/mol. The number of hydrogen-bond donors (Lipinski definition) is 1. The molecule has 7 heteroatoms. The highest BCUT2D eigenvalue weighted by Crippen LogP contribution is 2.20. The monoisotopic (exact) mass is 525 g/mol. The van der Waals surface area contributed by atoms with E-state index in [0.717, 1.165) is 11.1 Å². The fourth-order valence-corrected chi connectivity index (χ4v) is 3.64. The van der Waals surface area contributed by atoms with Crippen LogP contribution in [0, 0.1) is 11.8 Å². The molecule has 0 aliphatic heterocycles. The molecule has 2 aromatic rings. The quantitative estimate of drug-likeness (QED) is 0.388. The summed E-state index contributed by atoms with van der Waals surface area (Å²) in [5.74, 6) is -0.774. The van der Waals surface area contributed by atoms with E-state index in [0.29, 0.717) is 13.1 Å². The Labute approximate surface area is 234 Å². The Morgan fingerprint density at radius 2 is 0.974 bits per heavy atom. The predicted molar refractivity (Wildman–Crippen MR) is 161 cm³/mol. The van der Waals surface area contributed by atoms with E-state index < -0.39 is 12.1 Å². The zero-order valence-corrected chi connectivity index (χ0v) is 21.7. The van der Waals surface area contributed by atoms with Crippen molar-refractivity contribution < 1.29 is 19.2 Å². The number of hydrogen-bond acceptors (Lipinski definition) is 6. The molecule has 211 valence electrons. The molecule has 3 radical (unpaired) electrons. The van der Waals surface area contributed by atoms with Crippen molar-refractivity contribution in [2.75, 3.05) is 0 Å². The smallest absolute Gasteiger partial charge is 0.147 e.